The number of aryl methyl sites for hydroxylation is 1. The van der Waals surface area contributed by atoms with Crippen molar-refractivity contribution in [1.29, 1.82) is 4.78 Å². The molecule has 1 amide bonds. The second-order valence-corrected chi connectivity index (χ2v) is 12.2. The van der Waals surface area contributed by atoms with E-state index in [1.54, 1.807) is 42.6 Å². The first-order valence-electron chi connectivity index (χ1n) is 12.4. The molecule has 0 aliphatic rings. The molecule has 0 spiro atoms. The first kappa shape index (κ1) is 28.2. The molecule has 212 valence electrons. The SMILES string of the molecule is CC(C)(O)c1cc2nn(CCS(=N)(=O)c3ccnc4ccccc34)cc2cc1NC(=O)c1cccc(C(F)(F)F)n1. The quantitative estimate of drug-likeness (QED) is 0.229. The Bertz CT molecular complexity index is 1890. The normalized spacial score (nSPS) is 13.8. The van der Waals surface area contributed by atoms with Gasteiger partial charge in [-0.2, -0.15) is 18.3 Å². The zero-order chi connectivity index (χ0) is 29.6. The van der Waals surface area contributed by atoms with Crippen molar-refractivity contribution in [2.45, 2.75) is 37.1 Å². The number of carbonyl (C=O) groups excluding carboxylic acids is 1. The van der Waals surface area contributed by atoms with Crippen molar-refractivity contribution >= 4 is 43.1 Å². The molecule has 1 atom stereocenters. The van der Waals surface area contributed by atoms with Crippen molar-refractivity contribution in [2.24, 2.45) is 0 Å². The highest BCUT2D eigenvalue weighted by atomic mass is 32.2. The molecular weight excluding hydrogens is 557 g/mol. The Hall–Kier alpha value is -4.36. The molecule has 0 bridgehead atoms. The van der Waals surface area contributed by atoms with E-state index in [-0.39, 0.29) is 23.5 Å². The van der Waals surface area contributed by atoms with Crippen molar-refractivity contribution in [3.8, 4) is 0 Å². The average molecular weight is 583 g/mol. The van der Waals surface area contributed by atoms with Crippen LogP contribution in [0.5, 0.6) is 0 Å². The summed E-state index contributed by atoms with van der Waals surface area (Å²) in [6.07, 6.45) is -1.55. The molecule has 2 aromatic carbocycles. The van der Waals surface area contributed by atoms with Crippen LogP contribution < -0.4 is 5.32 Å². The van der Waals surface area contributed by atoms with E-state index < -0.39 is 38.8 Å². The minimum atomic E-state index is -4.71. The van der Waals surface area contributed by atoms with Gasteiger partial charge in [-0.1, -0.05) is 24.3 Å². The Morgan fingerprint density at radius 1 is 1.07 bits per heavy atom. The highest BCUT2D eigenvalue weighted by Crippen LogP contribution is 2.33. The molecular formula is C28H25F3N6O3S. The molecule has 5 rings (SSSR count). The first-order valence-corrected chi connectivity index (χ1v) is 14.1. The Morgan fingerprint density at radius 3 is 2.56 bits per heavy atom. The van der Waals surface area contributed by atoms with Gasteiger partial charge in [0, 0.05) is 34.4 Å². The molecule has 0 saturated heterocycles. The number of hydrogen-bond donors (Lipinski definition) is 3. The van der Waals surface area contributed by atoms with Gasteiger partial charge in [-0.15, -0.1) is 0 Å². The van der Waals surface area contributed by atoms with Crippen LogP contribution in [0.15, 0.2) is 78.0 Å². The molecule has 5 aromatic rings. The van der Waals surface area contributed by atoms with Crippen LogP contribution in [-0.4, -0.2) is 40.7 Å². The Balaban J connectivity index is 1.43. The van der Waals surface area contributed by atoms with Crippen LogP contribution in [0.4, 0.5) is 18.9 Å². The van der Waals surface area contributed by atoms with Crippen LogP contribution in [0.3, 0.4) is 0 Å². The van der Waals surface area contributed by atoms with Gasteiger partial charge in [-0.05, 0) is 50.2 Å². The summed E-state index contributed by atoms with van der Waals surface area (Å²) in [5.74, 6) is -0.912. The number of nitrogens with one attached hydrogen (secondary N) is 2. The molecule has 1 unspecified atom stereocenters. The predicted octanol–water partition coefficient (Wildman–Crippen LogP) is 5.58. The fourth-order valence-corrected chi connectivity index (χ4v) is 5.91. The van der Waals surface area contributed by atoms with Crippen molar-refractivity contribution in [3.05, 3.63) is 90.0 Å². The summed E-state index contributed by atoms with van der Waals surface area (Å²) in [6, 6.07) is 14.9. The van der Waals surface area contributed by atoms with Gasteiger partial charge in [0.2, 0.25) is 0 Å². The van der Waals surface area contributed by atoms with Crippen LogP contribution in [0.2, 0.25) is 0 Å². The molecule has 3 heterocycles. The Kier molecular flexibility index (Phi) is 7.03. The highest BCUT2D eigenvalue weighted by molar-refractivity contribution is 7.92. The zero-order valence-electron chi connectivity index (χ0n) is 21.9. The largest absolute Gasteiger partial charge is 0.433 e. The maximum absolute atomic E-state index is 13.4. The number of para-hydroxylation sites is 1. The minimum absolute atomic E-state index is 0.0296. The number of aromatic nitrogens is 4. The van der Waals surface area contributed by atoms with Gasteiger partial charge in [0.05, 0.1) is 43.6 Å². The maximum atomic E-state index is 13.4. The lowest BCUT2D eigenvalue weighted by Crippen LogP contribution is -2.22. The van der Waals surface area contributed by atoms with Crippen molar-refractivity contribution in [3.63, 3.8) is 0 Å². The van der Waals surface area contributed by atoms with Crippen LogP contribution in [-0.2, 0) is 28.1 Å². The lowest BCUT2D eigenvalue weighted by Gasteiger charge is -2.22. The van der Waals surface area contributed by atoms with Crippen LogP contribution in [0, 0.1) is 4.78 Å². The Morgan fingerprint density at radius 2 is 1.83 bits per heavy atom. The number of carbonyl (C=O) groups is 1. The van der Waals surface area contributed by atoms with Crippen LogP contribution in [0.1, 0.15) is 35.6 Å². The fraction of sp³-hybridized carbons (Fsp3) is 0.214. The van der Waals surface area contributed by atoms with Crippen molar-refractivity contribution in [1.82, 2.24) is 19.7 Å². The molecule has 0 aliphatic carbocycles. The number of aliphatic hydroxyl groups is 1. The molecule has 3 N–H and O–H groups in total. The molecule has 41 heavy (non-hydrogen) atoms. The molecule has 13 heteroatoms. The van der Waals surface area contributed by atoms with Gasteiger partial charge >= 0.3 is 6.18 Å². The smallest absolute Gasteiger partial charge is 0.386 e. The number of benzene rings is 2. The molecule has 0 saturated carbocycles. The summed E-state index contributed by atoms with van der Waals surface area (Å²) < 4.78 is 62.8. The van der Waals surface area contributed by atoms with Gasteiger partial charge in [-0.3, -0.25) is 14.5 Å². The number of hydrogen-bond acceptors (Lipinski definition) is 7. The third-order valence-corrected chi connectivity index (χ3v) is 8.27. The number of fused-ring (bicyclic) bond motifs is 2. The van der Waals surface area contributed by atoms with Crippen molar-refractivity contribution < 1.29 is 27.3 Å². The second kappa shape index (κ2) is 10.2. The summed E-state index contributed by atoms with van der Waals surface area (Å²) in [6.45, 7) is 3.14. The predicted molar refractivity (Wildman–Crippen MR) is 148 cm³/mol. The summed E-state index contributed by atoms with van der Waals surface area (Å²) in [7, 11) is -3.21. The van der Waals surface area contributed by atoms with E-state index in [4.69, 9.17) is 4.78 Å². The second-order valence-electron chi connectivity index (χ2n) is 9.97. The van der Waals surface area contributed by atoms with Crippen LogP contribution >= 0.6 is 0 Å². The number of amides is 1. The third kappa shape index (κ3) is 5.91. The number of rotatable bonds is 7. The van der Waals surface area contributed by atoms with E-state index in [1.165, 1.54) is 24.7 Å². The van der Waals surface area contributed by atoms with E-state index in [1.807, 2.05) is 6.07 Å². The Labute approximate surface area is 233 Å². The summed E-state index contributed by atoms with van der Waals surface area (Å²) in [5, 5.41) is 19.0. The average Bonchev–Trinajstić information content (AvgIpc) is 3.32. The molecule has 0 fully saturated rings. The van der Waals surface area contributed by atoms with E-state index in [9.17, 15) is 27.3 Å². The van der Waals surface area contributed by atoms with Gasteiger partial charge in [0.15, 0.2) is 0 Å². The first-order chi connectivity index (χ1) is 19.2. The van der Waals surface area contributed by atoms with Gasteiger partial charge in [0.1, 0.15) is 11.4 Å². The highest BCUT2D eigenvalue weighted by Gasteiger charge is 2.33. The molecule has 3 aromatic heterocycles. The number of halogens is 3. The summed E-state index contributed by atoms with van der Waals surface area (Å²) in [4.78, 5) is 20.9. The number of pyridine rings is 2. The van der Waals surface area contributed by atoms with E-state index in [0.29, 0.717) is 26.7 Å². The van der Waals surface area contributed by atoms with Gasteiger partial charge < -0.3 is 10.4 Å². The lowest BCUT2D eigenvalue weighted by atomic mass is 9.95. The van der Waals surface area contributed by atoms with Gasteiger partial charge in [0.25, 0.3) is 5.91 Å². The fourth-order valence-electron chi connectivity index (χ4n) is 4.44. The number of anilines is 1. The molecule has 9 nitrogen and oxygen atoms in total. The van der Waals surface area contributed by atoms with E-state index >= 15 is 0 Å². The third-order valence-electron chi connectivity index (χ3n) is 6.44. The van der Waals surface area contributed by atoms with Gasteiger partial charge in [-0.25, -0.2) is 14.0 Å². The monoisotopic (exact) mass is 582 g/mol. The standard InChI is InChI=1S/C28H25F3N6O3S/c1-27(2,39)19-15-22-17(14-23(19)35-26(38)21-8-5-9-25(34-21)28(29,30)31)16-37(36-22)12-13-41(32,40)24-10-11-33-20-7-4-3-6-18(20)24/h3-11,14-16,32,39H,12-13H2,1-2H3,(H,35,38). The summed E-state index contributed by atoms with van der Waals surface area (Å²) >= 11 is 0. The molecule has 0 aliphatic heterocycles. The van der Waals surface area contributed by atoms with Crippen molar-refractivity contribution in [2.75, 3.05) is 11.1 Å². The minimum Gasteiger partial charge on any atom is -0.386 e. The lowest BCUT2D eigenvalue weighted by molar-refractivity contribution is -0.141. The summed E-state index contributed by atoms with van der Waals surface area (Å²) in [5.41, 5.74) is -1.53. The van der Waals surface area contributed by atoms with Crippen LogP contribution in [0.25, 0.3) is 21.8 Å². The topological polar surface area (TPSA) is 134 Å². The van der Waals surface area contributed by atoms with E-state index in [2.05, 4.69) is 20.4 Å². The van der Waals surface area contributed by atoms with E-state index in [0.717, 1.165) is 18.2 Å². The molecule has 0 radical (unpaired) electrons. The number of alkyl halides is 3. The maximum Gasteiger partial charge on any atom is 0.433 e. The number of nitrogens with zero attached hydrogens (tertiary/aromatic N) is 4. The zero-order valence-corrected chi connectivity index (χ0v) is 22.8.